The molecule has 0 radical (unpaired) electrons. The fraction of sp³-hybridized carbons (Fsp3) is 0.273. The molecule has 0 unspecified atom stereocenters. The Bertz CT molecular complexity index is 1100. The molecular formula is C22H23N3O2S. The fourth-order valence-corrected chi connectivity index (χ4v) is 3.92. The second kappa shape index (κ2) is 8.02. The van der Waals surface area contributed by atoms with Gasteiger partial charge in [-0.2, -0.15) is 5.10 Å². The van der Waals surface area contributed by atoms with Gasteiger partial charge in [0, 0.05) is 17.5 Å². The Labute approximate surface area is 168 Å². The van der Waals surface area contributed by atoms with Crippen LogP contribution >= 0.6 is 11.3 Å². The summed E-state index contributed by atoms with van der Waals surface area (Å²) in [4.78, 5) is 5.48. The summed E-state index contributed by atoms with van der Waals surface area (Å²) >= 11 is 1.60. The molecule has 1 aliphatic rings. The monoisotopic (exact) mass is 393 g/mol. The van der Waals surface area contributed by atoms with Gasteiger partial charge in [0.2, 0.25) is 4.80 Å². The summed E-state index contributed by atoms with van der Waals surface area (Å²) < 4.78 is 13.2. The molecule has 0 fully saturated rings. The Morgan fingerprint density at radius 3 is 2.64 bits per heavy atom. The molecule has 2 heterocycles. The van der Waals surface area contributed by atoms with Gasteiger partial charge in [-0.25, -0.2) is 4.68 Å². The molecule has 1 aliphatic heterocycles. The van der Waals surface area contributed by atoms with E-state index < -0.39 is 0 Å². The van der Waals surface area contributed by atoms with Crippen molar-refractivity contribution in [2.24, 2.45) is 10.1 Å². The molecule has 0 amide bonds. The largest absolute Gasteiger partial charge is 0.486 e. The van der Waals surface area contributed by atoms with Gasteiger partial charge in [0.15, 0.2) is 11.5 Å². The molecule has 1 aromatic heterocycles. The Morgan fingerprint density at radius 1 is 1.04 bits per heavy atom. The number of hydrogen-bond donors (Lipinski definition) is 0. The Kier molecular flexibility index (Phi) is 5.30. The Balaban J connectivity index is 1.74. The van der Waals surface area contributed by atoms with Crippen LogP contribution in [0.3, 0.4) is 0 Å². The summed E-state index contributed by atoms with van der Waals surface area (Å²) in [5.74, 6) is 1.54. The van der Waals surface area contributed by atoms with E-state index >= 15 is 0 Å². The zero-order valence-corrected chi connectivity index (χ0v) is 17.1. The molecule has 28 heavy (non-hydrogen) atoms. The van der Waals surface area contributed by atoms with E-state index in [1.807, 2.05) is 36.0 Å². The summed E-state index contributed by atoms with van der Waals surface area (Å²) in [6.07, 6.45) is 1.84. The number of nitrogens with zero attached hydrogens (tertiary/aromatic N) is 3. The number of hydrogen-bond acceptors (Lipinski definition) is 5. The van der Waals surface area contributed by atoms with Crippen LogP contribution < -0.4 is 14.3 Å². The van der Waals surface area contributed by atoms with E-state index in [4.69, 9.17) is 14.6 Å². The lowest BCUT2D eigenvalue weighted by Crippen LogP contribution is -2.15. The van der Waals surface area contributed by atoms with Crippen molar-refractivity contribution in [1.82, 2.24) is 4.68 Å². The van der Waals surface area contributed by atoms with Crippen molar-refractivity contribution >= 4 is 17.6 Å². The molecule has 6 heteroatoms. The molecule has 144 valence electrons. The third kappa shape index (κ3) is 3.73. The highest BCUT2D eigenvalue weighted by Gasteiger charge is 2.12. The highest BCUT2D eigenvalue weighted by atomic mass is 32.1. The molecule has 2 aromatic carbocycles. The van der Waals surface area contributed by atoms with Gasteiger partial charge < -0.3 is 9.47 Å². The van der Waals surface area contributed by atoms with Crippen molar-refractivity contribution in [3.8, 4) is 22.8 Å². The average molecular weight is 394 g/mol. The van der Waals surface area contributed by atoms with Crippen molar-refractivity contribution in [2.75, 3.05) is 19.8 Å². The highest BCUT2D eigenvalue weighted by molar-refractivity contribution is 7.07. The predicted octanol–water partition coefficient (Wildman–Crippen LogP) is 4.41. The lowest BCUT2D eigenvalue weighted by Gasteiger charge is -2.18. The quantitative estimate of drug-likeness (QED) is 0.617. The molecule has 0 N–H and O–H groups in total. The van der Waals surface area contributed by atoms with Crippen LogP contribution in [0, 0.1) is 13.8 Å². The van der Waals surface area contributed by atoms with Gasteiger partial charge in [0.05, 0.1) is 11.9 Å². The van der Waals surface area contributed by atoms with Crippen LogP contribution in [0.15, 0.2) is 51.9 Å². The minimum Gasteiger partial charge on any atom is -0.486 e. The van der Waals surface area contributed by atoms with Gasteiger partial charge in [-0.3, -0.25) is 4.99 Å². The van der Waals surface area contributed by atoms with Crippen LogP contribution in [-0.4, -0.2) is 30.6 Å². The van der Waals surface area contributed by atoms with Gasteiger partial charge in [-0.15, -0.1) is 11.3 Å². The SMILES string of the molecule is CCN=c1scc(-c2ccc(C)c(C)c2)n1/N=C/c1ccc2c(c1)OCCO2. The van der Waals surface area contributed by atoms with E-state index in [0.29, 0.717) is 19.8 Å². The third-order valence-electron chi connectivity index (χ3n) is 4.67. The van der Waals surface area contributed by atoms with Gasteiger partial charge in [-0.05, 0) is 61.7 Å². The Morgan fingerprint density at radius 2 is 1.86 bits per heavy atom. The molecule has 0 spiro atoms. The molecule has 4 rings (SSSR count). The van der Waals surface area contributed by atoms with Crippen molar-refractivity contribution in [3.63, 3.8) is 0 Å². The van der Waals surface area contributed by atoms with Crippen LogP contribution in [0.4, 0.5) is 0 Å². The van der Waals surface area contributed by atoms with Crippen molar-refractivity contribution in [1.29, 1.82) is 0 Å². The standard InChI is InChI=1S/C22H23N3O2S/c1-4-23-22-25(19(14-28-22)18-7-5-15(2)16(3)11-18)24-13-17-6-8-20-21(12-17)27-10-9-26-20/h5-8,11-14H,4,9-10H2,1-3H3/b23-22?,24-13+. The molecule has 0 saturated carbocycles. The van der Waals surface area contributed by atoms with Crippen molar-refractivity contribution in [2.45, 2.75) is 20.8 Å². The topological polar surface area (TPSA) is 48.1 Å². The molecule has 0 saturated heterocycles. The van der Waals surface area contributed by atoms with Crippen LogP contribution in [-0.2, 0) is 0 Å². The maximum Gasteiger partial charge on any atom is 0.206 e. The van der Waals surface area contributed by atoms with Crippen molar-refractivity contribution in [3.05, 3.63) is 63.3 Å². The van der Waals surface area contributed by atoms with Crippen molar-refractivity contribution < 1.29 is 9.47 Å². The number of aromatic nitrogens is 1. The maximum absolute atomic E-state index is 5.67. The number of benzene rings is 2. The minimum absolute atomic E-state index is 0.573. The number of aryl methyl sites for hydroxylation is 2. The van der Waals surface area contributed by atoms with Gasteiger partial charge >= 0.3 is 0 Å². The zero-order chi connectivity index (χ0) is 19.5. The first-order chi connectivity index (χ1) is 13.7. The summed E-state index contributed by atoms with van der Waals surface area (Å²) in [6.45, 7) is 8.16. The first-order valence-electron chi connectivity index (χ1n) is 9.38. The predicted molar refractivity (Wildman–Crippen MR) is 114 cm³/mol. The highest BCUT2D eigenvalue weighted by Crippen LogP contribution is 2.30. The maximum atomic E-state index is 5.67. The minimum atomic E-state index is 0.573. The summed E-state index contributed by atoms with van der Waals surface area (Å²) in [6, 6.07) is 12.3. The molecule has 3 aromatic rings. The number of thiazole rings is 1. The summed E-state index contributed by atoms with van der Waals surface area (Å²) in [7, 11) is 0. The lowest BCUT2D eigenvalue weighted by atomic mass is 10.1. The van der Waals surface area contributed by atoms with Gasteiger partial charge in [0.1, 0.15) is 13.2 Å². The molecule has 0 aliphatic carbocycles. The van der Waals surface area contributed by atoms with E-state index in [0.717, 1.165) is 33.1 Å². The van der Waals surface area contributed by atoms with Crippen LogP contribution in [0.25, 0.3) is 11.3 Å². The molecular weight excluding hydrogens is 370 g/mol. The normalized spacial score (nSPS) is 14.0. The first-order valence-corrected chi connectivity index (χ1v) is 10.3. The first kappa shape index (κ1) is 18.5. The van der Waals surface area contributed by atoms with Crippen LogP contribution in [0.1, 0.15) is 23.6 Å². The molecule has 5 nitrogen and oxygen atoms in total. The van der Waals surface area contributed by atoms with Gasteiger partial charge in [0.25, 0.3) is 0 Å². The second-order valence-corrected chi connectivity index (χ2v) is 7.47. The smallest absolute Gasteiger partial charge is 0.206 e. The van der Waals surface area contributed by atoms with Crippen LogP contribution in [0.2, 0.25) is 0 Å². The second-order valence-electron chi connectivity index (χ2n) is 6.64. The van der Waals surface area contributed by atoms with E-state index in [1.165, 1.54) is 11.1 Å². The average Bonchev–Trinajstić information content (AvgIpc) is 3.11. The Hall–Kier alpha value is -2.86. The fourth-order valence-electron chi connectivity index (χ4n) is 3.02. The van der Waals surface area contributed by atoms with E-state index in [-0.39, 0.29) is 0 Å². The number of rotatable bonds is 4. The third-order valence-corrected chi connectivity index (χ3v) is 5.52. The van der Waals surface area contributed by atoms with E-state index in [1.54, 1.807) is 11.3 Å². The number of fused-ring (bicyclic) bond motifs is 1. The van der Waals surface area contributed by atoms with Crippen LogP contribution in [0.5, 0.6) is 11.5 Å². The number of ether oxygens (including phenoxy) is 2. The van der Waals surface area contributed by atoms with Gasteiger partial charge in [-0.1, -0.05) is 12.1 Å². The molecule has 0 atom stereocenters. The van der Waals surface area contributed by atoms with E-state index in [9.17, 15) is 0 Å². The summed E-state index contributed by atoms with van der Waals surface area (Å²) in [5, 5.41) is 6.86. The molecule has 0 bridgehead atoms. The summed E-state index contributed by atoms with van der Waals surface area (Å²) in [5.41, 5.74) is 5.67. The van der Waals surface area contributed by atoms with E-state index in [2.05, 4.69) is 42.4 Å². The zero-order valence-electron chi connectivity index (χ0n) is 16.3. The lowest BCUT2D eigenvalue weighted by molar-refractivity contribution is 0.171.